The monoisotopic (exact) mass is 351 g/mol. The fourth-order valence-electron chi connectivity index (χ4n) is 4.45. The minimum absolute atomic E-state index is 0.143. The van der Waals surface area contributed by atoms with Crippen LogP contribution in [-0.2, 0) is 16.1 Å². The Morgan fingerprint density at radius 3 is 2.80 bits per heavy atom. The van der Waals surface area contributed by atoms with E-state index in [0.29, 0.717) is 13.2 Å². The first-order valence-corrected chi connectivity index (χ1v) is 9.05. The normalized spacial score (nSPS) is 28.0. The number of carbonyl (C=O) groups is 1. The molecule has 3 rings (SSSR count). The van der Waals surface area contributed by atoms with E-state index in [0.717, 1.165) is 62.6 Å². The van der Waals surface area contributed by atoms with E-state index >= 15 is 0 Å². The molecule has 140 valence electrons. The number of nitrogens with zero attached hydrogens (tertiary/aromatic N) is 3. The molecule has 25 heavy (non-hydrogen) atoms. The maximum atomic E-state index is 12.2. The van der Waals surface area contributed by atoms with Gasteiger partial charge in [0.2, 0.25) is 0 Å². The van der Waals surface area contributed by atoms with E-state index in [9.17, 15) is 9.90 Å². The Morgan fingerprint density at radius 2 is 2.16 bits per heavy atom. The van der Waals surface area contributed by atoms with Crippen molar-refractivity contribution in [2.24, 2.45) is 11.3 Å². The van der Waals surface area contributed by atoms with Gasteiger partial charge in [0.15, 0.2) is 0 Å². The molecule has 0 amide bonds. The minimum atomic E-state index is -0.642. The molecule has 0 aliphatic carbocycles. The topological polar surface area (TPSA) is 79.0 Å². The second-order valence-electron chi connectivity index (χ2n) is 7.53. The highest BCUT2D eigenvalue weighted by Crippen LogP contribution is 2.43. The Kier molecular flexibility index (Phi) is 5.46. The Balaban J connectivity index is 1.75. The Morgan fingerprint density at radius 1 is 1.40 bits per heavy atom. The highest BCUT2D eigenvalue weighted by Gasteiger charge is 2.53. The lowest BCUT2D eigenvalue weighted by Gasteiger charge is -2.29. The number of likely N-dealkylation sites (tertiary alicyclic amines) is 2. The summed E-state index contributed by atoms with van der Waals surface area (Å²) in [5.74, 6) is 0.362. The highest BCUT2D eigenvalue weighted by molar-refractivity contribution is 5.76. The van der Waals surface area contributed by atoms with Gasteiger partial charge >= 0.3 is 5.97 Å². The Bertz CT molecular complexity index is 598. The van der Waals surface area contributed by atoms with Crippen LogP contribution in [0.2, 0.25) is 0 Å². The highest BCUT2D eigenvalue weighted by atomic mass is 16.5. The maximum absolute atomic E-state index is 12.2. The molecule has 2 aliphatic rings. The van der Waals surface area contributed by atoms with Crippen LogP contribution in [0.5, 0.6) is 0 Å². The molecule has 1 aromatic rings. The van der Waals surface area contributed by atoms with Crippen molar-refractivity contribution in [3.63, 3.8) is 0 Å². The van der Waals surface area contributed by atoms with Gasteiger partial charge in [-0.2, -0.15) is 0 Å². The predicted octanol–water partition coefficient (Wildman–Crippen LogP) is 1.54. The van der Waals surface area contributed by atoms with Crippen molar-refractivity contribution in [3.8, 4) is 0 Å². The molecule has 0 unspecified atom stereocenters. The van der Waals surface area contributed by atoms with Gasteiger partial charge in [0.25, 0.3) is 0 Å². The SMILES string of the molecule is COCCN1C[C@H]2CN(Cc3c(C)noc3C)CCC[C@@]2(C(=O)O)C1. The summed E-state index contributed by atoms with van der Waals surface area (Å²) in [7, 11) is 1.69. The first kappa shape index (κ1) is 18.4. The lowest BCUT2D eigenvalue weighted by molar-refractivity contribution is -0.151. The van der Waals surface area contributed by atoms with Gasteiger partial charge in [0.05, 0.1) is 17.7 Å². The smallest absolute Gasteiger partial charge is 0.311 e. The number of aliphatic carboxylic acids is 1. The van der Waals surface area contributed by atoms with E-state index in [2.05, 4.69) is 15.0 Å². The second kappa shape index (κ2) is 7.43. The number of carboxylic acid groups (broad SMARTS) is 1. The fraction of sp³-hybridized carbons (Fsp3) is 0.778. The number of ether oxygens (including phenoxy) is 1. The molecule has 2 fully saturated rings. The molecule has 0 saturated carbocycles. The van der Waals surface area contributed by atoms with Gasteiger partial charge in [-0.15, -0.1) is 0 Å². The molecule has 2 saturated heterocycles. The molecule has 0 radical (unpaired) electrons. The van der Waals surface area contributed by atoms with Crippen LogP contribution in [0.1, 0.15) is 29.9 Å². The summed E-state index contributed by atoms with van der Waals surface area (Å²) in [6.07, 6.45) is 1.65. The van der Waals surface area contributed by atoms with Crippen LogP contribution in [0, 0.1) is 25.2 Å². The third-order valence-corrected chi connectivity index (χ3v) is 5.94. The third kappa shape index (κ3) is 3.59. The molecule has 3 heterocycles. The van der Waals surface area contributed by atoms with E-state index in [4.69, 9.17) is 9.26 Å². The van der Waals surface area contributed by atoms with Crippen molar-refractivity contribution in [1.82, 2.24) is 15.0 Å². The number of methoxy groups -OCH3 is 1. The molecular weight excluding hydrogens is 322 g/mol. The van der Waals surface area contributed by atoms with Crippen LogP contribution in [0.15, 0.2) is 4.52 Å². The molecule has 2 atom stereocenters. The number of hydrogen-bond acceptors (Lipinski definition) is 6. The zero-order chi connectivity index (χ0) is 18.0. The summed E-state index contributed by atoms with van der Waals surface area (Å²) < 4.78 is 10.5. The molecule has 1 aromatic heterocycles. The van der Waals surface area contributed by atoms with Gasteiger partial charge in [0, 0.05) is 51.3 Å². The predicted molar refractivity (Wildman–Crippen MR) is 92.4 cm³/mol. The van der Waals surface area contributed by atoms with Gasteiger partial charge in [0.1, 0.15) is 5.76 Å². The molecule has 1 N–H and O–H groups in total. The molecule has 0 aromatic carbocycles. The summed E-state index contributed by atoms with van der Waals surface area (Å²) in [5.41, 5.74) is 1.44. The summed E-state index contributed by atoms with van der Waals surface area (Å²) in [5, 5.41) is 14.0. The lowest BCUT2D eigenvalue weighted by atomic mass is 9.75. The van der Waals surface area contributed by atoms with Crippen LogP contribution in [-0.4, -0.2) is 72.5 Å². The Hall–Kier alpha value is -1.44. The quantitative estimate of drug-likeness (QED) is 0.833. The second-order valence-corrected chi connectivity index (χ2v) is 7.53. The minimum Gasteiger partial charge on any atom is -0.481 e. The standard InChI is InChI=1S/C18H29N3O4/c1-13-16(14(2)25-19-13)11-20-6-4-5-18(17(22)23)12-21(7-8-24-3)10-15(18)9-20/h15H,4-12H2,1-3H3,(H,22,23)/t15-,18-/m1/s1. The Labute approximate surface area is 148 Å². The lowest BCUT2D eigenvalue weighted by Crippen LogP contribution is -2.41. The number of rotatable bonds is 6. The van der Waals surface area contributed by atoms with Gasteiger partial charge in [-0.3, -0.25) is 14.6 Å². The molecule has 2 aliphatic heterocycles. The number of carboxylic acids is 1. The van der Waals surface area contributed by atoms with Gasteiger partial charge < -0.3 is 14.4 Å². The van der Waals surface area contributed by atoms with Crippen molar-refractivity contribution in [2.75, 3.05) is 46.4 Å². The van der Waals surface area contributed by atoms with E-state index in [-0.39, 0.29) is 5.92 Å². The maximum Gasteiger partial charge on any atom is 0.311 e. The van der Waals surface area contributed by atoms with Crippen molar-refractivity contribution >= 4 is 5.97 Å². The van der Waals surface area contributed by atoms with E-state index in [1.807, 2.05) is 13.8 Å². The van der Waals surface area contributed by atoms with Gasteiger partial charge in [-0.1, -0.05) is 5.16 Å². The van der Waals surface area contributed by atoms with Crippen LogP contribution < -0.4 is 0 Å². The fourth-order valence-corrected chi connectivity index (χ4v) is 4.45. The molecule has 0 spiro atoms. The first-order chi connectivity index (χ1) is 12.0. The molecule has 7 nitrogen and oxygen atoms in total. The average molecular weight is 351 g/mol. The largest absolute Gasteiger partial charge is 0.481 e. The van der Waals surface area contributed by atoms with E-state index in [1.165, 1.54) is 0 Å². The van der Waals surface area contributed by atoms with Crippen LogP contribution in [0.25, 0.3) is 0 Å². The summed E-state index contributed by atoms with van der Waals surface area (Å²) >= 11 is 0. The van der Waals surface area contributed by atoms with Crippen molar-refractivity contribution in [2.45, 2.75) is 33.2 Å². The van der Waals surface area contributed by atoms with Gasteiger partial charge in [-0.25, -0.2) is 0 Å². The zero-order valence-electron chi connectivity index (χ0n) is 15.5. The average Bonchev–Trinajstić information content (AvgIpc) is 3.02. The third-order valence-electron chi connectivity index (χ3n) is 5.94. The van der Waals surface area contributed by atoms with Crippen LogP contribution >= 0.6 is 0 Å². The number of aryl methyl sites for hydroxylation is 2. The number of hydrogen-bond donors (Lipinski definition) is 1. The molecule has 7 heteroatoms. The zero-order valence-corrected chi connectivity index (χ0v) is 15.5. The molecule has 0 bridgehead atoms. The summed E-state index contributed by atoms with van der Waals surface area (Å²) in [4.78, 5) is 16.8. The van der Waals surface area contributed by atoms with E-state index < -0.39 is 11.4 Å². The van der Waals surface area contributed by atoms with Crippen molar-refractivity contribution < 1.29 is 19.2 Å². The van der Waals surface area contributed by atoms with E-state index in [1.54, 1.807) is 7.11 Å². The van der Waals surface area contributed by atoms with Crippen LogP contribution in [0.4, 0.5) is 0 Å². The van der Waals surface area contributed by atoms with Gasteiger partial charge in [-0.05, 0) is 33.2 Å². The number of fused-ring (bicyclic) bond motifs is 1. The van der Waals surface area contributed by atoms with Crippen molar-refractivity contribution in [1.29, 1.82) is 0 Å². The molecular formula is C18H29N3O4. The number of aromatic nitrogens is 1. The van der Waals surface area contributed by atoms with Crippen LogP contribution in [0.3, 0.4) is 0 Å². The summed E-state index contributed by atoms with van der Waals surface area (Å²) in [6.45, 7) is 9.32. The summed E-state index contributed by atoms with van der Waals surface area (Å²) in [6, 6.07) is 0. The van der Waals surface area contributed by atoms with Crippen molar-refractivity contribution in [3.05, 3.63) is 17.0 Å². The first-order valence-electron chi connectivity index (χ1n) is 9.05.